The van der Waals surface area contributed by atoms with Gasteiger partial charge in [-0.15, -0.1) is 6.58 Å². The van der Waals surface area contributed by atoms with Crippen molar-refractivity contribution in [3.8, 4) is 0 Å². The number of halogens is 1. The van der Waals surface area contributed by atoms with E-state index >= 15 is 0 Å². The highest BCUT2D eigenvalue weighted by atomic mass is 35.5. The van der Waals surface area contributed by atoms with Crippen molar-refractivity contribution >= 4 is 11.6 Å². The van der Waals surface area contributed by atoms with Crippen LogP contribution in [0.25, 0.3) is 0 Å². The van der Waals surface area contributed by atoms with E-state index in [2.05, 4.69) is 6.58 Å². The fourth-order valence-corrected chi connectivity index (χ4v) is 1.33. The van der Waals surface area contributed by atoms with Gasteiger partial charge >= 0.3 is 0 Å². The predicted octanol–water partition coefficient (Wildman–Crippen LogP) is 3.31. The van der Waals surface area contributed by atoms with Crippen LogP contribution in [0.5, 0.6) is 0 Å². The molecule has 0 heterocycles. The second-order valence-electron chi connectivity index (χ2n) is 3.32. The third-order valence-electron chi connectivity index (χ3n) is 1.87. The van der Waals surface area contributed by atoms with Crippen molar-refractivity contribution in [2.45, 2.75) is 19.4 Å². The number of rotatable bonds is 3. The van der Waals surface area contributed by atoms with Gasteiger partial charge in [-0.1, -0.05) is 29.3 Å². The van der Waals surface area contributed by atoms with Gasteiger partial charge in [0.25, 0.3) is 0 Å². The molecule has 2 heteroatoms. The van der Waals surface area contributed by atoms with Gasteiger partial charge in [0.15, 0.2) is 0 Å². The average Bonchev–Trinajstić information content (AvgIpc) is 2.04. The van der Waals surface area contributed by atoms with Crippen LogP contribution in [-0.2, 0) is 0 Å². The summed E-state index contributed by atoms with van der Waals surface area (Å²) in [6.45, 7) is 5.81. The maximum absolute atomic E-state index is 5.94. The summed E-state index contributed by atoms with van der Waals surface area (Å²) >= 11 is 5.76. The van der Waals surface area contributed by atoms with Crippen LogP contribution in [-0.4, -0.2) is 0 Å². The average molecular weight is 196 g/mol. The first kappa shape index (κ1) is 10.3. The lowest BCUT2D eigenvalue weighted by Crippen LogP contribution is -2.09. The third kappa shape index (κ3) is 3.21. The zero-order valence-corrected chi connectivity index (χ0v) is 8.51. The Balaban J connectivity index is 2.71. The molecule has 0 saturated heterocycles. The van der Waals surface area contributed by atoms with Gasteiger partial charge in [-0.05, 0) is 31.0 Å². The van der Waals surface area contributed by atoms with Crippen LogP contribution in [0.15, 0.2) is 36.4 Å². The molecule has 0 bridgehead atoms. The lowest BCUT2D eigenvalue weighted by atomic mass is 10.0. The molecule has 0 aliphatic carbocycles. The Morgan fingerprint density at radius 3 is 2.46 bits per heavy atom. The van der Waals surface area contributed by atoms with E-state index in [-0.39, 0.29) is 6.04 Å². The van der Waals surface area contributed by atoms with Crippen LogP contribution in [0, 0.1) is 0 Å². The SMILES string of the molecule is C=C(C)CC(N)c1ccc(Cl)cc1. The standard InChI is InChI=1S/C11H14ClN/c1-8(2)7-11(13)9-3-5-10(12)6-4-9/h3-6,11H,1,7,13H2,2H3. The van der Waals surface area contributed by atoms with E-state index in [0.29, 0.717) is 0 Å². The molecule has 1 atom stereocenters. The van der Waals surface area contributed by atoms with Crippen molar-refractivity contribution in [1.82, 2.24) is 0 Å². The molecule has 13 heavy (non-hydrogen) atoms. The summed E-state index contributed by atoms with van der Waals surface area (Å²) < 4.78 is 0. The zero-order valence-electron chi connectivity index (χ0n) is 7.76. The van der Waals surface area contributed by atoms with E-state index < -0.39 is 0 Å². The summed E-state index contributed by atoms with van der Waals surface area (Å²) in [4.78, 5) is 0. The van der Waals surface area contributed by atoms with Crippen LogP contribution in [0.3, 0.4) is 0 Å². The Bertz CT molecular complexity index is 289. The summed E-state index contributed by atoms with van der Waals surface area (Å²) in [5, 5.41) is 0.742. The maximum Gasteiger partial charge on any atom is 0.0406 e. The Kier molecular flexibility index (Phi) is 3.52. The van der Waals surface area contributed by atoms with E-state index in [1.807, 2.05) is 31.2 Å². The minimum atomic E-state index is 0.0368. The molecule has 0 amide bonds. The largest absolute Gasteiger partial charge is 0.324 e. The topological polar surface area (TPSA) is 26.0 Å². The summed E-state index contributed by atoms with van der Waals surface area (Å²) in [6, 6.07) is 7.66. The van der Waals surface area contributed by atoms with Crippen molar-refractivity contribution in [2.24, 2.45) is 5.73 Å². The van der Waals surface area contributed by atoms with Gasteiger partial charge in [0.2, 0.25) is 0 Å². The van der Waals surface area contributed by atoms with E-state index in [1.54, 1.807) is 0 Å². The van der Waals surface area contributed by atoms with Gasteiger partial charge in [-0.25, -0.2) is 0 Å². The van der Waals surface area contributed by atoms with Crippen molar-refractivity contribution in [1.29, 1.82) is 0 Å². The molecule has 70 valence electrons. The van der Waals surface area contributed by atoms with E-state index in [4.69, 9.17) is 17.3 Å². The fraction of sp³-hybridized carbons (Fsp3) is 0.273. The number of hydrogen-bond donors (Lipinski definition) is 1. The highest BCUT2D eigenvalue weighted by Crippen LogP contribution is 2.19. The van der Waals surface area contributed by atoms with E-state index in [0.717, 1.165) is 22.6 Å². The molecule has 0 radical (unpaired) electrons. The fourth-order valence-electron chi connectivity index (χ4n) is 1.20. The highest BCUT2D eigenvalue weighted by Gasteiger charge is 2.04. The molecule has 0 fully saturated rings. The maximum atomic E-state index is 5.94. The van der Waals surface area contributed by atoms with Gasteiger partial charge in [-0.2, -0.15) is 0 Å². The van der Waals surface area contributed by atoms with Crippen LogP contribution >= 0.6 is 11.6 Å². The Labute approximate surface area is 84.2 Å². The van der Waals surface area contributed by atoms with E-state index in [9.17, 15) is 0 Å². The Hall–Kier alpha value is -0.790. The monoisotopic (exact) mass is 195 g/mol. The van der Waals surface area contributed by atoms with Crippen molar-refractivity contribution in [3.05, 3.63) is 47.0 Å². The number of benzene rings is 1. The lowest BCUT2D eigenvalue weighted by Gasteiger charge is -2.11. The highest BCUT2D eigenvalue weighted by molar-refractivity contribution is 6.30. The molecule has 1 rings (SSSR count). The number of nitrogens with two attached hydrogens (primary N) is 1. The summed E-state index contributed by atoms with van der Waals surface area (Å²) in [5.41, 5.74) is 8.15. The van der Waals surface area contributed by atoms with Gasteiger partial charge in [0.1, 0.15) is 0 Å². The van der Waals surface area contributed by atoms with Crippen LogP contribution in [0.1, 0.15) is 24.9 Å². The Morgan fingerprint density at radius 2 is 2.00 bits per heavy atom. The summed E-state index contributed by atoms with van der Waals surface area (Å²) in [5.74, 6) is 0. The lowest BCUT2D eigenvalue weighted by molar-refractivity contribution is 0.717. The van der Waals surface area contributed by atoms with Crippen LogP contribution < -0.4 is 5.73 Å². The smallest absolute Gasteiger partial charge is 0.0406 e. The van der Waals surface area contributed by atoms with Crippen molar-refractivity contribution in [3.63, 3.8) is 0 Å². The second kappa shape index (κ2) is 4.45. The second-order valence-corrected chi connectivity index (χ2v) is 3.76. The first-order chi connectivity index (χ1) is 6.09. The first-order valence-electron chi connectivity index (χ1n) is 4.25. The molecule has 0 aliphatic heterocycles. The van der Waals surface area contributed by atoms with E-state index in [1.165, 1.54) is 0 Å². The molecule has 1 aromatic rings. The molecule has 1 nitrogen and oxygen atoms in total. The Morgan fingerprint density at radius 1 is 1.46 bits per heavy atom. The third-order valence-corrected chi connectivity index (χ3v) is 2.12. The summed E-state index contributed by atoms with van der Waals surface area (Å²) in [7, 11) is 0. The first-order valence-corrected chi connectivity index (χ1v) is 4.63. The zero-order chi connectivity index (χ0) is 9.84. The molecule has 0 spiro atoms. The van der Waals surface area contributed by atoms with Crippen molar-refractivity contribution in [2.75, 3.05) is 0 Å². The molecular formula is C11H14ClN. The molecule has 0 aromatic heterocycles. The van der Waals surface area contributed by atoms with Crippen molar-refractivity contribution < 1.29 is 0 Å². The number of hydrogen-bond acceptors (Lipinski definition) is 1. The molecule has 2 N–H and O–H groups in total. The minimum Gasteiger partial charge on any atom is -0.324 e. The summed E-state index contributed by atoms with van der Waals surface area (Å²) in [6.07, 6.45) is 0.821. The van der Waals surface area contributed by atoms with Crippen LogP contribution in [0.4, 0.5) is 0 Å². The molecular weight excluding hydrogens is 182 g/mol. The quantitative estimate of drug-likeness (QED) is 0.736. The van der Waals surface area contributed by atoms with Gasteiger partial charge in [0.05, 0.1) is 0 Å². The minimum absolute atomic E-state index is 0.0368. The molecule has 0 aliphatic rings. The van der Waals surface area contributed by atoms with Gasteiger partial charge < -0.3 is 5.73 Å². The van der Waals surface area contributed by atoms with Gasteiger partial charge in [0, 0.05) is 11.1 Å². The predicted molar refractivity (Wildman–Crippen MR) is 57.8 cm³/mol. The van der Waals surface area contributed by atoms with Crippen LogP contribution in [0.2, 0.25) is 5.02 Å². The molecule has 0 saturated carbocycles. The van der Waals surface area contributed by atoms with Gasteiger partial charge in [-0.3, -0.25) is 0 Å². The molecule has 1 aromatic carbocycles. The molecule has 1 unspecified atom stereocenters. The normalized spacial score (nSPS) is 12.5.